The summed E-state index contributed by atoms with van der Waals surface area (Å²) in [6.45, 7) is 1.92. The van der Waals surface area contributed by atoms with Crippen molar-refractivity contribution in [1.29, 1.82) is 0 Å². The van der Waals surface area contributed by atoms with Gasteiger partial charge in [-0.15, -0.1) is 0 Å². The molecule has 4 rings (SSSR count). The van der Waals surface area contributed by atoms with Gasteiger partial charge in [-0.2, -0.15) is 0 Å². The van der Waals surface area contributed by atoms with E-state index < -0.39 is 16.9 Å². The van der Waals surface area contributed by atoms with Crippen LogP contribution in [0.5, 0.6) is 5.75 Å². The third-order valence-electron chi connectivity index (χ3n) is 4.82. The maximum atomic E-state index is 12.5. The molecule has 11 heteroatoms. The molecule has 0 amide bonds. The maximum Gasteiger partial charge on any atom is 0.363 e. The molecule has 0 N–H and O–H groups in total. The van der Waals surface area contributed by atoms with Crippen molar-refractivity contribution in [3.8, 4) is 5.75 Å². The van der Waals surface area contributed by atoms with E-state index in [1.54, 1.807) is 24.3 Å². The van der Waals surface area contributed by atoms with Gasteiger partial charge in [-0.1, -0.05) is 29.3 Å². The minimum absolute atomic E-state index is 0.00220. The van der Waals surface area contributed by atoms with Crippen molar-refractivity contribution in [2.24, 2.45) is 4.99 Å². The molecule has 0 aliphatic carbocycles. The molecule has 0 fully saturated rings. The lowest BCUT2D eigenvalue weighted by Crippen LogP contribution is -2.09. The number of cyclic esters (lactones) is 1. The summed E-state index contributed by atoms with van der Waals surface area (Å²) in [7, 11) is 0. The number of esters is 2. The molecule has 176 valence electrons. The molecule has 3 aromatic rings. The van der Waals surface area contributed by atoms with E-state index in [-0.39, 0.29) is 33.6 Å². The Labute approximate surface area is 220 Å². The van der Waals surface area contributed by atoms with Crippen molar-refractivity contribution in [3.63, 3.8) is 0 Å². The summed E-state index contributed by atoms with van der Waals surface area (Å²) in [4.78, 5) is 39.4. The third kappa shape index (κ3) is 5.50. The summed E-state index contributed by atoms with van der Waals surface area (Å²) in [5.41, 5.74) is 2.03. The van der Waals surface area contributed by atoms with Crippen LogP contribution in [-0.2, 0) is 9.53 Å². The van der Waals surface area contributed by atoms with Crippen molar-refractivity contribution in [3.05, 3.63) is 107 Å². The summed E-state index contributed by atoms with van der Waals surface area (Å²) >= 11 is 12.9. The highest BCUT2D eigenvalue weighted by Gasteiger charge is 2.27. The van der Waals surface area contributed by atoms with Crippen molar-refractivity contribution < 1.29 is 24.0 Å². The normalized spacial score (nSPS) is 14.0. The van der Waals surface area contributed by atoms with Gasteiger partial charge in [0.25, 0.3) is 5.69 Å². The lowest BCUT2D eigenvalue weighted by atomic mass is 10.1. The van der Waals surface area contributed by atoms with Crippen LogP contribution in [0.3, 0.4) is 0 Å². The van der Waals surface area contributed by atoms with Gasteiger partial charge in [0.15, 0.2) is 11.4 Å². The molecule has 1 aliphatic rings. The third-order valence-corrected chi connectivity index (χ3v) is 6.31. The fourth-order valence-corrected chi connectivity index (χ4v) is 4.71. The van der Waals surface area contributed by atoms with Gasteiger partial charge in [-0.05, 0) is 80.8 Å². The smallest absolute Gasteiger partial charge is 0.363 e. The van der Waals surface area contributed by atoms with Gasteiger partial charge in [0.1, 0.15) is 0 Å². The molecular weight excluding hydrogens is 608 g/mol. The quantitative estimate of drug-likeness (QED) is 0.104. The molecule has 1 heterocycles. The number of hydrogen-bond acceptors (Lipinski definition) is 7. The first kappa shape index (κ1) is 24.8. The Morgan fingerprint density at radius 3 is 2.37 bits per heavy atom. The lowest BCUT2D eigenvalue weighted by molar-refractivity contribution is -0.384. The minimum atomic E-state index is -0.712. The van der Waals surface area contributed by atoms with Crippen molar-refractivity contribution in [2.45, 2.75) is 6.92 Å². The molecule has 0 saturated carbocycles. The highest BCUT2D eigenvalue weighted by molar-refractivity contribution is 9.11. The zero-order chi connectivity index (χ0) is 25.3. The van der Waals surface area contributed by atoms with E-state index in [1.807, 2.05) is 19.1 Å². The first-order valence-electron chi connectivity index (χ1n) is 9.87. The number of carbonyl (C=O) groups excluding carboxylic acids is 2. The number of aryl methyl sites for hydroxylation is 1. The van der Waals surface area contributed by atoms with E-state index in [2.05, 4.69) is 36.9 Å². The number of hydrogen-bond donors (Lipinski definition) is 0. The number of nitro benzene ring substituents is 1. The fourth-order valence-electron chi connectivity index (χ4n) is 3.07. The SMILES string of the molecule is Cc1ccc(C(=O)Oc2c(Br)cc(/C=C3\N=C(c4ccc([N+](=O)[O-])cc4Cl)OC3=O)cc2Br)cc1. The molecule has 0 unspecified atom stereocenters. The Morgan fingerprint density at radius 1 is 1.11 bits per heavy atom. The fraction of sp³-hybridized carbons (Fsp3) is 0.0417. The molecule has 0 spiro atoms. The summed E-state index contributed by atoms with van der Waals surface area (Å²) in [6, 6.07) is 14.0. The van der Waals surface area contributed by atoms with Gasteiger partial charge in [-0.25, -0.2) is 14.6 Å². The molecule has 0 saturated heterocycles. The van der Waals surface area contributed by atoms with E-state index in [1.165, 1.54) is 18.2 Å². The van der Waals surface area contributed by atoms with Crippen LogP contribution >= 0.6 is 43.5 Å². The average Bonchev–Trinajstić information content (AvgIpc) is 3.16. The van der Waals surface area contributed by atoms with Gasteiger partial charge < -0.3 is 9.47 Å². The highest BCUT2D eigenvalue weighted by Crippen LogP contribution is 2.36. The number of nitro groups is 1. The van der Waals surface area contributed by atoms with E-state index in [4.69, 9.17) is 21.1 Å². The van der Waals surface area contributed by atoms with Crippen LogP contribution in [0, 0.1) is 17.0 Å². The predicted octanol–water partition coefficient (Wildman–Crippen LogP) is 6.65. The molecular formula is C24H13Br2ClN2O6. The Kier molecular flexibility index (Phi) is 7.15. The van der Waals surface area contributed by atoms with Crippen LogP contribution in [0.25, 0.3) is 6.08 Å². The molecule has 0 aromatic heterocycles. The summed E-state index contributed by atoms with van der Waals surface area (Å²) in [5.74, 6) is -1.03. The lowest BCUT2D eigenvalue weighted by Gasteiger charge is -2.10. The first-order valence-corrected chi connectivity index (χ1v) is 11.8. The Balaban J connectivity index is 1.59. The molecule has 0 atom stereocenters. The van der Waals surface area contributed by atoms with Crippen molar-refractivity contribution in [1.82, 2.24) is 0 Å². The largest absolute Gasteiger partial charge is 0.421 e. The number of benzene rings is 3. The van der Waals surface area contributed by atoms with Crippen LogP contribution in [0.15, 0.2) is 74.2 Å². The number of nitrogens with zero attached hydrogens (tertiary/aromatic N) is 2. The standard InChI is InChI=1S/C24H13Br2ClN2O6/c1-12-2-4-14(5-3-12)23(30)34-21-17(25)8-13(9-18(21)26)10-20-24(31)35-22(28-20)16-7-6-15(29(32)33)11-19(16)27/h2-11H,1H3/b20-10-. The minimum Gasteiger partial charge on any atom is -0.421 e. The monoisotopic (exact) mass is 618 g/mol. The van der Waals surface area contributed by atoms with Crippen LogP contribution in [0.2, 0.25) is 5.02 Å². The Hall–Kier alpha value is -3.34. The van der Waals surface area contributed by atoms with Gasteiger partial charge in [0.2, 0.25) is 5.90 Å². The van der Waals surface area contributed by atoms with Crippen LogP contribution < -0.4 is 4.74 Å². The Morgan fingerprint density at radius 2 is 1.77 bits per heavy atom. The second-order valence-corrected chi connectivity index (χ2v) is 9.44. The zero-order valence-corrected chi connectivity index (χ0v) is 21.7. The number of aliphatic imine (C=N–C) groups is 1. The highest BCUT2D eigenvalue weighted by atomic mass is 79.9. The van der Waals surface area contributed by atoms with E-state index in [0.29, 0.717) is 20.1 Å². The van der Waals surface area contributed by atoms with Crippen LogP contribution in [-0.4, -0.2) is 22.8 Å². The van der Waals surface area contributed by atoms with E-state index in [9.17, 15) is 19.7 Å². The maximum absolute atomic E-state index is 12.5. The predicted molar refractivity (Wildman–Crippen MR) is 137 cm³/mol. The second kappa shape index (κ2) is 10.1. The van der Waals surface area contributed by atoms with Crippen molar-refractivity contribution in [2.75, 3.05) is 0 Å². The van der Waals surface area contributed by atoms with E-state index >= 15 is 0 Å². The second-order valence-electron chi connectivity index (χ2n) is 7.33. The number of carbonyl (C=O) groups is 2. The summed E-state index contributed by atoms with van der Waals surface area (Å²) in [6.07, 6.45) is 1.48. The average molecular weight is 621 g/mol. The molecule has 8 nitrogen and oxygen atoms in total. The molecule has 0 radical (unpaired) electrons. The van der Waals surface area contributed by atoms with Gasteiger partial charge in [-0.3, -0.25) is 10.1 Å². The summed E-state index contributed by atoms with van der Waals surface area (Å²) in [5, 5.41) is 10.9. The Bertz CT molecular complexity index is 1430. The summed E-state index contributed by atoms with van der Waals surface area (Å²) < 4.78 is 11.7. The van der Waals surface area contributed by atoms with Gasteiger partial charge in [0.05, 0.1) is 30.0 Å². The number of rotatable bonds is 5. The zero-order valence-electron chi connectivity index (χ0n) is 17.8. The van der Waals surface area contributed by atoms with Crippen molar-refractivity contribution >= 4 is 73.1 Å². The molecule has 3 aromatic carbocycles. The number of halogens is 3. The van der Waals surface area contributed by atoms with E-state index in [0.717, 1.165) is 11.6 Å². The molecule has 1 aliphatic heterocycles. The molecule has 35 heavy (non-hydrogen) atoms. The number of ether oxygens (including phenoxy) is 2. The van der Waals surface area contributed by atoms with Crippen LogP contribution in [0.4, 0.5) is 5.69 Å². The topological polar surface area (TPSA) is 108 Å². The van der Waals surface area contributed by atoms with Crippen LogP contribution in [0.1, 0.15) is 27.0 Å². The van der Waals surface area contributed by atoms with Gasteiger partial charge >= 0.3 is 11.9 Å². The van der Waals surface area contributed by atoms with Gasteiger partial charge in [0, 0.05) is 12.1 Å². The first-order chi connectivity index (χ1) is 16.6. The number of non-ortho nitro benzene ring substituents is 1. The molecule has 0 bridgehead atoms.